The Hall–Kier alpha value is -1.82. The van der Waals surface area contributed by atoms with E-state index in [-0.39, 0.29) is 16.8 Å². The SMILES string of the molecule is CN(CC(C)(C)CN)c1ccc([N+](=O)[O-])c(N)c1. The summed E-state index contributed by atoms with van der Waals surface area (Å²) in [6.45, 7) is 5.46. The van der Waals surface area contributed by atoms with Crippen molar-refractivity contribution in [3.8, 4) is 0 Å². The first kappa shape index (κ1) is 14.2. The number of nitrogen functional groups attached to an aromatic ring is 1. The zero-order valence-corrected chi connectivity index (χ0v) is 11.0. The molecule has 4 N–H and O–H groups in total. The number of nitrogens with two attached hydrogens (primary N) is 2. The first-order valence-electron chi connectivity index (χ1n) is 5.72. The smallest absolute Gasteiger partial charge is 0.292 e. The molecular formula is C12H20N4O2. The lowest BCUT2D eigenvalue weighted by Crippen LogP contribution is -2.36. The Balaban J connectivity index is 2.91. The molecule has 0 atom stereocenters. The monoisotopic (exact) mass is 252 g/mol. The average Bonchev–Trinajstić information content (AvgIpc) is 2.27. The van der Waals surface area contributed by atoms with Gasteiger partial charge in [-0.25, -0.2) is 0 Å². The van der Waals surface area contributed by atoms with E-state index in [1.165, 1.54) is 6.07 Å². The largest absolute Gasteiger partial charge is 0.393 e. The minimum Gasteiger partial charge on any atom is -0.393 e. The summed E-state index contributed by atoms with van der Waals surface area (Å²) < 4.78 is 0. The minimum atomic E-state index is -0.483. The van der Waals surface area contributed by atoms with Gasteiger partial charge in [0.15, 0.2) is 0 Å². The maximum atomic E-state index is 10.7. The summed E-state index contributed by atoms with van der Waals surface area (Å²) in [6.07, 6.45) is 0. The van der Waals surface area contributed by atoms with E-state index in [0.717, 1.165) is 12.2 Å². The first-order valence-corrected chi connectivity index (χ1v) is 5.72. The number of nitro benzene ring substituents is 1. The van der Waals surface area contributed by atoms with Crippen LogP contribution >= 0.6 is 0 Å². The molecule has 1 rings (SSSR count). The summed E-state index contributed by atoms with van der Waals surface area (Å²) in [7, 11) is 1.91. The van der Waals surface area contributed by atoms with Gasteiger partial charge in [-0.1, -0.05) is 13.8 Å². The number of benzene rings is 1. The highest BCUT2D eigenvalue weighted by Crippen LogP contribution is 2.27. The van der Waals surface area contributed by atoms with E-state index in [4.69, 9.17) is 11.5 Å². The molecule has 0 bridgehead atoms. The predicted molar refractivity (Wildman–Crippen MR) is 73.6 cm³/mol. The van der Waals surface area contributed by atoms with E-state index in [1.807, 2.05) is 11.9 Å². The van der Waals surface area contributed by atoms with Gasteiger partial charge in [0, 0.05) is 25.3 Å². The van der Waals surface area contributed by atoms with Gasteiger partial charge in [0.1, 0.15) is 5.69 Å². The lowest BCUT2D eigenvalue weighted by molar-refractivity contribution is -0.383. The van der Waals surface area contributed by atoms with Gasteiger partial charge >= 0.3 is 0 Å². The molecule has 0 spiro atoms. The molecule has 0 unspecified atom stereocenters. The molecule has 0 saturated heterocycles. The Labute approximate surface area is 107 Å². The van der Waals surface area contributed by atoms with Crippen LogP contribution in [0.5, 0.6) is 0 Å². The highest BCUT2D eigenvalue weighted by Gasteiger charge is 2.19. The Morgan fingerprint density at radius 1 is 1.44 bits per heavy atom. The first-order chi connectivity index (χ1) is 8.26. The lowest BCUT2D eigenvalue weighted by Gasteiger charge is -2.30. The van der Waals surface area contributed by atoms with Crippen LogP contribution in [-0.4, -0.2) is 25.1 Å². The van der Waals surface area contributed by atoms with Gasteiger partial charge in [0.2, 0.25) is 0 Å². The second-order valence-corrected chi connectivity index (χ2v) is 5.22. The van der Waals surface area contributed by atoms with Gasteiger partial charge in [-0.05, 0) is 24.1 Å². The second kappa shape index (κ2) is 5.22. The van der Waals surface area contributed by atoms with E-state index in [2.05, 4.69) is 13.8 Å². The Morgan fingerprint density at radius 2 is 2.06 bits per heavy atom. The number of nitrogens with zero attached hydrogens (tertiary/aromatic N) is 2. The maximum absolute atomic E-state index is 10.7. The molecule has 0 radical (unpaired) electrons. The third kappa shape index (κ3) is 3.33. The average molecular weight is 252 g/mol. The number of hydrogen-bond acceptors (Lipinski definition) is 5. The molecule has 18 heavy (non-hydrogen) atoms. The van der Waals surface area contributed by atoms with Crippen LogP contribution in [0.25, 0.3) is 0 Å². The quantitative estimate of drug-likeness (QED) is 0.471. The van der Waals surface area contributed by atoms with Crippen molar-refractivity contribution in [2.45, 2.75) is 13.8 Å². The van der Waals surface area contributed by atoms with E-state index in [9.17, 15) is 10.1 Å². The molecular weight excluding hydrogens is 232 g/mol. The standard InChI is InChI=1S/C12H20N4O2/c1-12(2,7-13)8-15(3)9-4-5-11(16(17)18)10(14)6-9/h4-6H,7-8,13-14H2,1-3H3. The van der Waals surface area contributed by atoms with Crippen molar-refractivity contribution in [3.63, 3.8) is 0 Å². The molecule has 0 fully saturated rings. The number of hydrogen-bond donors (Lipinski definition) is 2. The van der Waals surface area contributed by atoms with Crippen molar-refractivity contribution in [2.24, 2.45) is 11.1 Å². The van der Waals surface area contributed by atoms with Crippen molar-refractivity contribution in [1.29, 1.82) is 0 Å². The lowest BCUT2D eigenvalue weighted by atomic mass is 9.93. The molecule has 0 aromatic heterocycles. The van der Waals surface area contributed by atoms with Gasteiger partial charge < -0.3 is 16.4 Å². The van der Waals surface area contributed by atoms with Crippen LogP contribution in [0, 0.1) is 15.5 Å². The summed E-state index contributed by atoms with van der Waals surface area (Å²) in [6, 6.07) is 4.74. The molecule has 0 amide bonds. The topological polar surface area (TPSA) is 98.4 Å². The zero-order chi connectivity index (χ0) is 13.9. The van der Waals surface area contributed by atoms with Crippen LogP contribution in [0.2, 0.25) is 0 Å². The number of nitro groups is 1. The molecule has 6 heteroatoms. The Morgan fingerprint density at radius 3 is 2.50 bits per heavy atom. The molecule has 0 heterocycles. The van der Waals surface area contributed by atoms with Gasteiger partial charge in [0.05, 0.1) is 4.92 Å². The normalized spacial score (nSPS) is 11.3. The van der Waals surface area contributed by atoms with Crippen LogP contribution in [0.3, 0.4) is 0 Å². The molecule has 0 aliphatic rings. The minimum absolute atomic E-state index is 0.0225. The van der Waals surface area contributed by atoms with Gasteiger partial charge in [-0.3, -0.25) is 10.1 Å². The van der Waals surface area contributed by atoms with Crippen LogP contribution in [0.15, 0.2) is 18.2 Å². The van der Waals surface area contributed by atoms with Gasteiger partial charge in [-0.2, -0.15) is 0 Å². The molecule has 0 aliphatic heterocycles. The van der Waals surface area contributed by atoms with E-state index < -0.39 is 4.92 Å². The molecule has 1 aromatic rings. The Kier molecular flexibility index (Phi) is 4.13. The van der Waals surface area contributed by atoms with Gasteiger partial charge in [-0.15, -0.1) is 0 Å². The Bertz CT molecular complexity index is 446. The van der Waals surface area contributed by atoms with Crippen molar-refractivity contribution in [3.05, 3.63) is 28.3 Å². The van der Waals surface area contributed by atoms with Crippen molar-refractivity contribution >= 4 is 17.1 Å². The molecule has 0 aliphatic carbocycles. The van der Waals surface area contributed by atoms with E-state index in [0.29, 0.717) is 6.54 Å². The van der Waals surface area contributed by atoms with Crippen LogP contribution in [0.4, 0.5) is 17.1 Å². The summed E-state index contributed by atoms with van der Waals surface area (Å²) in [4.78, 5) is 12.2. The fourth-order valence-corrected chi connectivity index (χ4v) is 1.74. The van der Waals surface area contributed by atoms with Crippen LogP contribution in [0.1, 0.15) is 13.8 Å². The fourth-order valence-electron chi connectivity index (χ4n) is 1.74. The van der Waals surface area contributed by atoms with Crippen molar-refractivity contribution in [1.82, 2.24) is 0 Å². The summed E-state index contributed by atoms with van der Waals surface area (Å²) in [5.41, 5.74) is 12.3. The molecule has 6 nitrogen and oxygen atoms in total. The van der Waals surface area contributed by atoms with Crippen LogP contribution < -0.4 is 16.4 Å². The molecule has 1 aromatic carbocycles. The summed E-state index contributed by atoms with van der Waals surface area (Å²) in [5, 5.41) is 10.7. The van der Waals surface area contributed by atoms with E-state index >= 15 is 0 Å². The zero-order valence-electron chi connectivity index (χ0n) is 11.0. The third-order valence-corrected chi connectivity index (χ3v) is 2.87. The van der Waals surface area contributed by atoms with Crippen molar-refractivity contribution < 1.29 is 4.92 Å². The number of rotatable bonds is 5. The van der Waals surface area contributed by atoms with Crippen molar-refractivity contribution in [2.75, 3.05) is 30.8 Å². The maximum Gasteiger partial charge on any atom is 0.292 e. The third-order valence-electron chi connectivity index (χ3n) is 2.87. The summed E-state index contributed by atoms with van der Waals surface area (Å²) in [5.74, 6) is 0. The highest BCUT2D eigenvalue weighted by atomic mass is 16.6. The summed E-state index contributed by atoms with van der Waals surface area (Å²) >= 11 is 0. The van der Waals surface area contributed by atoms with E-state index in [1.54, 1.807) is 12.1 Å². The molecule has 0 saturated carbocycles. The van der Waals surface area contributed by atoms with Crippen LogP contribution in [-0.2, 0) is 0 Å². The predicted octanol–water partition coefficient (Wildman–Crippen LogP) is 1.60. The van der Waals surface area contributed by atoms with Gasteiger partial charge in [0.25, 0.3) is 5.69 Å². The molecule has 100 valence electrons. The fraction of sp³-hybridized carbons (Fsp3) is 0.500. The number of anilines is 2. The second-order valence-electron chi connectivity index (χ2n) is 5.22. The highest BCUT2D eigenvalue weighted by molar-refractivity contribution is 5.66.